The molecule has 0 unspecified atom stereocenters. The molecule has 0 aromatic heterocycles. The molecule has 0 saturated heterocycles. The minimum atomic E-state index is -0.0520. The van der Waals surface area contributed by atoms with Crippen molar-refractivity contribution < 1.29 is 30.6 Å². The highest BCUT2D eigenvalue weighted by Gasteiger charge is 2.07. The lowest BCUT2D eigenvalue weighted by atomic mass is 10.1. The first-order valence-electron chi connectivity index (χ1n) is 18.2. The van der Waals surface area contributed by atoms with E-state index in [1.165, 1.54) is 47.5 Å². The van der Waals surface area contributed by atoms with Gasteiger partial charge in [0, 0.05) is 37.8 Å². The average Bonchev–Trinajstić information content (AvgIpc) is 3.21. The molecule has 6 aromatic rings. The molecule has 59 heavy (non-hydrogen) atoms. The molecule has 0 fully saturated rings. The topological polar surface area (TPSA) is 194 Å². The summed E-state index contributed by atoms with van der Waals surface area (Å²) in [7, 11) is 0. The van der Waals surface area contributed by atoms with E-state index in [1.807, 2.05) is 79.7 Å². The van der Waals surface area contributed by atoms with Gasteiger partial charge in [-0.25, -0.2) is 0 Å². The third-order valence-corrected chi connectivity index (χ3v) is 8.97. The zero-order chi connectivity index (χ0) is 42.6. The van der Waals surface area contributed by atoms with Gasteiger partial charge in [-0.1, -0.05) is 84.9 Å². The molecule has 0 saturated carbocycles. The summed E-state index contributed by atoms with van der Waals surface area (Å²) in [6, 6.07) is 40.9. The molecule has 0 amide bonds. The Kier molecular flexibility index (Phi) is 17.8. The number of phenols is 6. The van der Waals surface area contributed by atoms with Crippen molar-refractivity contribution in [1.82, 2.24) is 16.0 Å². The minimum Gasteiger partial charge on any atom is -0.508 e. The fourth-order valence-corrected chi connectivity index (χ4v) is 5.68. The first-order chi connectivity index (χ1) is 28.4. The summed E-state index contributed by atoms with van der Waals surface area (Å²) in [5.74, 6) is -0.125. The van der Waals surface area contributed by atoms with Gasteiger partial charge in [0.1, 0.15) is 34.5 Å². The van der Waals surface area contributed by atoms with Crippen LogP contribution in [0.15, 0.2) is 140 Å². The Morgan fingerprint density at radius 1 is 0.441 bits per heavy atom. The maximum atomic E-state index is 9.66. The van der Waals surface area contributed by atoms with Crippen molar-refractivity contribution in [2.75, 3.05) is 22.5 Å². The smallest absolute Gasteiger partial charge is 0.171 e. The first-order valence-corrected chi connectivity index (χ1v) is 19.4. The Bertz CT molecular complexity index is 2300. The van der Waals surface area contributed by atoms with E-state index < -0.39 is 0 Å². The summed E-state index contributed by atoms with van der Waals surface area (Å²) < 4.78 is 0. The predicted octanol–water partition coefficient (Wildman–Crippen LogP) is 8.10. The van der Waals surface area contributed by atoms with Crippen LogP contribution < -0.4 is 31.9 Å². The molecule has 0 aliphatic rings. The van der Waals surface area contributed by atoms with Gasteiger partial charge in [0.05, 0.1) is 17.1 Å². The highest BCUT2D eigenvalue weighted by Crippen LogP contribution is 2.29. The van der Waals surface area contributed by atoms with Gasteiger partial charge in [-0.3, -0.25) is 0 Å². The Hall–Kier alpha value is -6.81. The largest absolute Gasteiger partial charge is 0.508 e. The number of rotatable bonds is 10. The zero-order valence-corrected chi connectivity index (χ0v) is 34.5. The van der Waals surface area contributed by atoms with E-state index in [0.29, 0.717) is 52.0 Å². The molecule has 0 atom stereocenters. The Morgan fingerprint density at radius 2 is 0.831 bits per heavy atom. The summed E-state index contributed by atoms with van der Waals surface area (Å²) in [5.41, 5.74) is 6.05. The molecule has 0 spiro atoms. The van der Waals surface area contributed by atoms with E-state index in [-0.39, 0.29) is 34.5 Å². The molecular formula is C44H46N6O6S3. The van der Waals surface area contributed by atoms with Crippen LogP contribution in [-0.4, -0.2) is 52.5 Å². The molecule has 0 aliphatic heterocycles. The van der Waals surface area contributed by atoms with Crippen LogP contribution >= 0.6 is 36.7 Å². The third kappa shape index (κ3) is 16.3. The number of aromatic hydroxyl groups is 6. The molecule has 6 rings (SSSR count). The van der Waals surface area contributed by atoms with Gasteiger partial charge >= 0.3 is 0 Å². The molecule has 0 heterocycles. The van der Waals surface area contributed by atoms with Crippen LogP contribution in [0.4, 0.5) is 17.1 Å². The lowest BCUT2D eigenvalue weighted by molar-refractivity contribution is 0.451. The quantitative estimate of drug-likeness (QED) is 0.0359. The maximum Gasteiger partial charge on any atom is 0.171 e. The number of aryl methyl sites for hydroxylation is 1. The van der Waals surface area contributed by atoms with Crippen LogP contribution in [0.1, 0.15) is 22.3 Å². The normalized spacial score (nSPS) is 9.98. The number of thiocarbonyl (C=S) groups is 3. The Morgan fingerprint density at radius 3 is 1.27 bits per heavy atom. The highest BCUT2D eigenvalue weighted by atomic mass is 32.1. The molecule has 12 nitrogen and oxygen atoms in total. The van der Waals surface area contributed by atoms with Crippen LogP contribution in [0, 0.1) is 6.92 Å². The molecule has 0 aliphatic carbocycles. The van der Waals surface area contributed by atoms with Crippen LogP contribution in [0.2, 0.25) is 0 Å². The molecular weight excluding hydrogens is 805 g/mol. The third-order valence-electron chi connectivity index (χ3n) is 8.23. The van der Waals surface area contributed by atoms with Gasteiger partial charge in [-0.05, 0) is 109 Å². The minimum absolute atomic E-state index is 0.00575. The number of hydrogen-bond acceptors (Lipinski definition) is 9. The van der Waals surface area contributed by atoms with Gasteiger partial charge in [0.2, 0.25) is 0 Å². The van der Waals surface area contributed by atoms with Crippen molar-refractivity contribution in [3.63, 3.8) is 0 Å². The van der Waals surface area contributed by atoms with Crippen LogP contribution in [-0.2, 0) is 19.5 Å². The molecule has 15 heteroatoms. The fraction of sp³-hybridized carbons (Fsp3) is 0.114. The number of hydrogen-bond donors (Lipinski definition) is 12. The number of anilines is 3. The van der Waals surface area contributed by atoms with Crippen molar-refractivity contribution in [3.05, 3.63) is 162 Å². The lowest BCUT2D eigenvalue weighted by Crippen LogP contribution is -2.30. The van der Waals surface area contributed by atoms with Crippen LogP contribution in [0.5, 0.6) is 34.5 Å². The second-order valence-corrected chi connectivity index (χ2v) is 14.0. The number of benzene rings is 6. The average molecular weight is 851 g/mol. The van der Waals surface area contributed by atoms with E-state index in [4.69, 9.17) is 36.7 Å². The van der Waals surface area contributed by atoms with E-state index in [1.54, 1.807) is 18.2 Å². The number of phenolic OH excluding ortho intramolecular Hbond substituents is 6. The van der Waals surface area contributed by atoms with Gasteiger partial charge in [-0.2, -0.15) is 0 Å². The second-order valence-electron chi connectivity index (χ2n) is 12.7. The van der Waals surface area contributed by atoms with Crippen molar-refractivity contribution in [1.29, 1.82) is 0 Å². The summed E-state index contributed by atoms with van der Waals surface area (Å²) >= 11 is 15.5. The second kappa shape index (κ2) is 23.4. The zero-order valence-electron chi connectivity index (χ0n) is 32.0. The molecule has 0 bridgehead atoms. The van der Waals surface area contributed by atoms with Crippen molar-refractivity contribution >= 4 is 69.1 Å². The van der Waals surface area contributed by atoms with E-state index in [2.05, 4.69) is 44.0 Å². The van der Waals surface area contributed by atoms with Gasteiger partial charge in [0.15, 0.2) is 15.3 Å². The van der Waals surface area contributed by atoms with Crippen molar-refractivity contribution in [2.45, 2.75) is 26.4 Å². The maximum absolute atomic E-state index is 9.66. The van der Waals surface area contributed by atoms with Gasteiger partial charge in [0.25, 0.3) is 0 Å². The van der Waals surface area contributed by atoms with Gasteiger partial charge < -0.3 is 62.5 Å². The molecule has 12 N–H and O–H groups in total. The Balaban J connectivity index is 0.000000196. The van der Waals surface area contributed by atoms with Crippen molar-refractivity contribution in [2.24, 2.45) is 0 Å². The van der Waals surface area contributed by atoms with Crippen molar-refractivity contribution in [3.8, 4) is 34.5 Å². The van der Waals surface area contributed by atoms with E-state index in [0.717, 1.165) is 17.5 Å². The SMILES string of the molecule is Cc1ccccc1CNC(=S)Nc1ccc(O)cc1O.Oc1ccc(NC(=S)NCCc2ccccc2)c(O)c1.Oc1ccc(NC(=S)NCc2ccccc2)c(O)c1. The van der Waals surface area contributed by atoms with Gasteiger partial charge in [-0.15, -0.1) is 0 Å². The first kappa shape index (κ1) is 44.9. The summed E-state index contributed by atoms with van der Waals surface area (Å²) in [5, 5.41) is 75.6. The summed E-state index contributed by atoms with van der Waals surface area (Å²) in [4.78, 5) is 0. The predicted molar refractivity (Wildman–Crippen MR) is 247 cm³/mol. The lowest BCUT2D eigenvalue weighted by Gasteiger charge is -2.13. The summed E-state index contributed by atoms with van der Waals surface area (Å²) in [6.45, 7) is 3.96. The van der Waals surface area contributed by atoms with Crippen LogP contribution in [0.25, 0.3) is 0 Å². The fourth-order valence-electron chi connectivity index (χ4n) is 5.10. The Labute approximate surface area is 359 Å². The molecule has 306 valence electrons. The molecule has 6 aromatic carbocycles. The van der Waals surface area contributed by atoms with Crippen LogP contribution in [0.3, 0.4) is 0 Å². The molecule has 0 radical (unpaired) electrons. The summed E-state index contributed by atoms with van der Waals surface area (Å²) in [6.07, 6.45) is 0.865. The van der Waals surface area contributed by atoms with E-state index >= 15 is 0 Å². The standard InChI is InChI=1S/2C15H16N2O2S.C14H14N2O2S/c1-10-4-2-3-5-11(10)9-16-15(20)17-13-7-6-12(18)8-14(13)19;18-12-6-7-13(14(19)10-12)17-15(20)16-9-8-11-4-2-1-3-5-11;17-11-6-7-12(13(18)8-11)16-14(19)15-9-10-4-2-1-3-5-10/h2-8,18-19H,9H2,1H3,(H2,16,17,20);1-7,10,18-19H,8-9H2,(H2,16,17,20);1-8,17-18H,9H2,(H2,15,16,19). The van der Waals surface area contributed by atoms with E-state index in [9.17, 15) is 30.6 Å². The highest BCUT2D eigenvalue weighted by molar-refractivity contribution is 7.80. The number of nitrogens with one attached hydrogen (secondary N) is 6. The monoisotopic (exact) mass is 850 g/mol.